The first-order valence-corrected chi connectivity index (χ1v) is 10.3. The average molecular weight is 417 g/mol. The van der Waals surface area contributed by atoms with Gasteiger partial charge in [-0.25, -0.2) is 19.0 Å². The smallest absolute Gasteiger partial charge is 0.168 e. The summed E-state index contributed by atoms with van der Waals surface area (Å²) in [6.45, 7) is 6.07. The van der Waals surface area contributed by atoms with Crippen molar-refractivity contribution in [2.75, 3.05) is 43.4 Å². The Bertz CT molecular complexity index is 1210. The first kappa shape index (κ1) is 19.4. The Kier molecular flexibility index (Phi) is 4.99. The fraction of sp³-hybridized carbons (Fsp3) is 0.261. The Hall–Kier alpha value is -3.52. The molecule has 1 aliphatic heterocycles. The van der Waals surface area contributed by atoms with Gasteiger partial charge in [-0.3, -0.25) is 0 Å². The van der Waals surface area contributed by atoms with E-state index in [1.807, 2.05) is 11.6 Å². The van der Waals surface area contributed by atoms with Gasteiger partial charge >= 0.3 is 0 Å². The second-order valence-corrected chi connectivity index (χ2v) is 7.91. The Morgan fingerprint density at radius 3 is 2.42 bits per heavy atom. The van der Waals surface area contributed by atoms with Gasteiger partial charge in [0.15, 0.2) is 5.65 Å². The molecule has 5 rings (SSSR count). The van der Waals surface area contributed by atoms with E-state index in [2.05, 4.69) is 61.5 Å². The number of anilines is 3. The molecule has 2 aromatic heterocycles. The number of nitrogens with one attached hydrogen (secondary N) is 1. The van der Waals surface area contributed by atoms with Crippen molar-refractivity contribution in [2.45, 2.75) is 6.92 Å². The second-order valence-electron chi connectivity index (χ2n) is 7.91. The van der Waals surface area contributed by atoms with E-state index in [1.165, 1.54) is 24.1 Å². The normalized spacial score (nSPS) is 14.9. The van der Waals surface area contributed by atoms with Crippen LogP contribution in [0.15, 0.2) is 55.0 Å². The third-order valence-corrected chi connectivity index (χ3v) is 5.77. The van der Waals surface area contributed by atoms with Gasteiger partial charge in [-0.2, -0.15) is 5.10 Å². The summed E-state index contributed by atoms with van der Waals surface area (Å²) in [5.41, 5.74) is 4.47. The van der Waals surface area contributed by atoms with Crippen molar-refractivity contribution in [3.05, 3.63) is 66.4 Å². The molecule has 1 N–H and O–H groups in total. The molecule has 158 valence electrons. The van der Waals surface area contributed by atoms with Gasteiger partial charge in [0.05, 0.1) is 17.3 Å². The second kappa shape index (κ2) is 7.96. The molecular weight excluding hydrogens is 393 g/mol. The van der Waals surface area contributed by atoms with E-state index in [1.54, 1.807) is 12.3 Å². The molecular formula is C23H24FN7. The summed E-state index contributed by atoms with van der Waals surface area (Å²) in [7, 11) is 2.16. The molecule has 0 aliphatic carbocycles. The fourth-order valence-corrected chi connectivity index (χ4v) is 3.90. The molecule has 7 nitrogen and oxygen atoms in total. The molecule has 31 heavy (non-hydrogen) atoms. The van der Waals surface area contributed by atoms with Crippen LogP contribution in [0.4, 0.5) is 21.6 Å². The predicted octanol–water partition coefficient (Wildman–Crippen LogP) is 3.76. The number of aromatic nitrogens is 4. The van der Waals surface area contributed by atoms with Crippen LogP contribution in [0, 0.1) is 12.7 Å². The van der Waals surface area contributed by atoms with Crippen LogP contribution in [-0.4, -0.2) is 57.9 Å². The quantitative estimate of drug-likeness (QED) is 0.546. The van der Waals surface area contributed by atoms with Gasteiger partial charge in [-0.1, -0.05) is 0 Å². The number of piperazine rings is 1. The van der Waals surface area contributed by atoms with Crippen molar-refractivity contribution in [1.82, 2.24) is 24.6 Å². The van der Waals surface area contributed by atoms with Crippen molar-refractivity contribution in [1.29, 1.82) is 0 Å². The van der Waals surface area contributed by atoms with Gasteiger partial charge in [0, 0.05) is 37.6 Å². The molecule has 8 heteroatoms. The molecule has 0 saturated carbocycles. The molecule has 0 atom stereocenters. The Balaban J connectivity index is 1.43. The third-order valence-electron chi connectivity index (χ3n) is 5.77. The SMILES string of the molecule is Cc1cc(F)ccc1Nc1ncnc2c1cnn2-c1ccc(N2CCN(C)CC2)cc1. The lowest BCUT2D eigenvalue weighted by molar-refractivity contribution is 0.313. The maximum atomic E-state index is 13.4. The van der Waals surface area contributed by atoms with Crippen LogP contribution >= 0.6 is 0 Å². The monoisotopic (exact) mass is 417 g/mol. The van der Waals surface area contributed by atoms with Crippen LogP contribution in [0.1, 0.15) is 5.56 Å². The van der Waals surface area contributed by atoms with E-state index in [4.69, 9.17) is 0 Å². The fourth-order valence-electron chi connectivity index (χ4n) is 3.90. The third kappa shape index (κ3) is 3.82. The number of aryl methyl sites for hydroxylation is 1. The zero-order valence-corrected chi connectivity index (χ0v) is 17.6. The van der Waals surface area contributed by atoms with Crippen molar-refractivity contribution in [3.63, 3.8) is 0 Å². The maximum absolute atomic E-state index is 13.4. The first-order chi connectivity index (χ1) is 15.1. The van der Waals surface area contributed by atoms with Gasteiger partial charge in [0.2, 0.25) is 0 Å². The van der Waals surface area contributed by atoms with Crippen LogP contribution < -0.4 is 10.2 Å². The number of rotatable bonds is 4. The molecule has 0 unspecified atom stereocenters. The highest BCUT2D eigenvalue weighted by atomic mass is 19.1. The molecule has 1 aliphatic rings. The number of hydrogen-bond acceptors (Lipinski definition) is 6. The zero-order valence-electron chi connectivity index (χ0n) is 17.6. The Labute approximate surface area is 180 Å². The summed E-state index contributed by atoms with van der Waals surface area (Å²) < 4.78 is 15.2. The molecule has 0 bridgehead atoms. The van der Waals surface area contributed by atoms with E-state index in [-0.39, 0.29) is 5.82 Å². The van der Waals surface area contributed by atoms with Crippen molar-refractivity contribution in [3.8, 4) is 5.69 Å². The van der Waals surface area contributed by atoms with Gasteiger partial charge < -0.3 is 15.1 Å². The number of hydrogen-bond donors (Lipinski definition) is 1. The van der Waals surface area contributed by atoms with Gasteiger partial charge in [0.1, 0.15) is 18.0 Å². The number of halogens is 1. The average Bonchev–Trinajstić information content (AvgIpc) is 3.21. The van der Waals surface area contributed by atoms with Crippen LogP contribution in [-0.2, 0) is 0 Å². The van der Waals surface area contributed by atoms with E-state index >= 15 is 0 Å². The minimum absolute atomic E-state index is 0.260. The topological polar surface area (TPSA) is 62.1 Å². The summed E-state index contributed by atoms with van der Waals surface area (Å²) in [5, 5.41) is 8.63. The number of nitrogens with zero attached hydrogens (tertiary/aromatic N) is 6. The highest BCUT2D eigenvalue weighted by Crippen LogP contribution is 2.27. The molecule has 0 radical (unpaired) electrons. The standard InChI is InChI=1S/C23H24FN7/c1-16-13-17(24)3-8-21(16)28-22-20-14-27-31(23(20)26-15-25-22)19-6-4-18(5-7-19)30-11-9-29(2)10-12-30/h3-8,13-15H,9-12H2,1-2H3,(H,25,26,28). The van der Waals surface area contributed by atoms with Crippen molar-refractivity contribution in [2.24, 2.45) is 0 Å². The highest BCUT2D eigenvalue weighted by molar-refractivity contribution is 5.89. The Morgan fingerprint density at radius 2 is 1.68 bits per heavy atom. The molecule has 2 aromatic carbocycles. The van der Waals surface area contributed by atoms with Gasteiger partial charge in [-0.15, -0.1) is 0 Å². The zero-order chi connectivity index (χ0) is 21.4. The molecule has 4 aromatic rings. The summed E-state index contributed by atoms with van der Waals surface area (Å²) >= 11 is 0. The lowest BCUT2D eigenvalue weighted by Gasteiger charge is -2.34. The maximum Gasteiger partial charge on any atom is 0.168 e. The summed E-state index contributed by atoms with van der Waals surface area (Å²) in [6, 6.07) is 13.0. The molecule has 1 fully saturated rings. The van der Waals surface area contributed by atoms with Crippen LogP contribution in [0.2, 0.25) is 0 Å². The molecule has 3 heterocycles. The lowest BCUT2D eigenvalue weighted by atomic mass is 10.2. The first-order valence-electron chi connectivity index (χ1n) is 10.3. The molecule has 0 amide bonds. The number of fused-ring (bicyclic) bond motifs is 1. The van der Waals surface area contributed by atoms with Crippen LogP contribution in [0.3, 0.4) is 0 Å². The van der Waals surface area contributed by atoms with E-state index in [9.17, 15) is 4.39 Å². The summed E-state index contributed by atoms with van der Waals surface area (Å²) in [4.78, 5) is 13.6. The number of benzene rings is 2. The van der Waals surface area contributed by atoms with Gasteiger partial charge in [0.25, 0.3) is 0 Å². The largest absolute Gasteiger partial charge is 0.369 e. The minimum atomic E-state index is -0.260. The summed E-state index contributed by atoms with van der Waals surface area (Å²) in [5.74, 6) is 0.378. The highest BCUT2D eigenvalue weighted by Gasteiger charge is 2.15. The molecule has 0 spiro atoms. The lowest BCUT2D eigenvalue weighted by Crippen LogP contribution is -2.44. The van der Waals surface area contributed by atoms with Crippen LogP contribution in [0.5, 0.6) is 0 Å². The summed E-state index contributed by atoms with van der Waals surface area (Å²) in [6.07, 6.45) is 3.27. The van der Waals surface area contributed by atoms with Crippen LogP contribution in [0.25, 0.3) is 16.7 Å². The predicted molar refractivity (Wildman–Crippen MR) is 121 cm³/mol. The Morgan fingerprint density at radius 1 is 0.935 bits per heavy atom. The number of likely N-dealkylation sites (N-methyl/N-ethyl adjacent to an activating group) is 1. The van der Waals surface area contributed by atoms with E-state index in [0.717, 1.165) is 48.5 Å². The molecule has 1 saturated heterocycles. The van der Waals surface area contributed by atoms with Crippen molar-refractivity contribution < 1.29 is 4.39 Å². The minimum Gasteiger partial charge on any atom is -0.369 e. The van der Waals surface area contributed by atoms with E-state index in [0.29, 0.717) is 11.5 Å². The van der Waals surface area contributed by atoms with Gasteiger partial charge in [-0.05, 0) is 62.0 Å². The van der Waals surface area contributed by atoms with Crippen molar-refractivity contribution >= 4 is 28.2 Å². The van der Waals surface area contributed by atoms with E-state index < -0.39 is 0 Å².